The minimum Gasteiger partial charge on any atom is -0.444 e. The Kier molecular flexibility index (Phi) is 3.80. The first-order chi connectivity index (χ1) is 10.7. The van der Waals surface area contributed by atoms with Gasteiger partial charge in [0, 0.05) is 30.3 Å². The number of carbonyl (C=O) groups excluding carboxylic acids is 2. The van der Waals surface area contributed by atoms with E-state index in [1.807, 2.05) is 32.9 Å². The lowest BCUT2D eigenvalue weighted by atomic mass is 9.96. The third-order valence-corrected chi connectivity index (χ3v) is 4.19. The Morgan fingerprint density at radius 2 is 2.13 bits per heavy atom. The smallest absolute Gasteiger partial charge is 0.410 e. The molecule has 0 aliphatic carbocycles. The Balaban J connectivity index is 1.70. The molecule has 1 aromatic rings. The van der Waals surface area contributed by atoms with E-state index in [0.717, 1.165) is 12.0 Å². The molecule has 0 spiro atoms. The normalized spacial score (nSPS) is 23.7. The van der Waals surface area contributed by atoms with Crippen LogP contribution < -0.4 is 5.32 Å². The van der Waals surface area contributed by atoms with Gasteiger partial charge in [0.05, 0.1) is 0 Å². The fourth-order valence-corrected chi connectivity index (χ4v) is 3.04. The van der Waals surface area contributed by atoms with Crippen LogP contribution in [0.3, 0.4) is 0 Å². The van der Waals surface area contributed by atoms with E-state index in [1.165, 1.54) is 0 Å². The van der Waals surface area contributed by atoms with Crippen LogP contribution in [0.15, 0.2) is 18.2 Å². The van der Waals surface area contributed by atoms with Crippen molar-refractivity contribution in [2.24, 2.45) is 0 Å². The Labute approximate surface area is 135 Å². The molecule has 2 N–H and O–H groups in total. The van der Waals surface area contributed by atoms with Gasteiger partial charge < -0.3 is 20.1 Å². The van der Waals surface area contributed by atoms with Gasteiger partial charge in [0.15, 0.2) is 6.10 Å². The van der Waals surface area contributed by atoms with Crippen LogP contribution in [0.2, 0.25) is 0 Å². The average Bonchev–Trinajstić information content (AvgIpc) is 3.03. The first-order valence-electron chi connectivity index (χ1n) is 7.85. The zero-order chi connectivity index (χ0) is 16.8. The maximum Gasteiger partial charge on any atom is 0.410 e. The van der Waals surface area contributed by atoms with Crippen LogP contribution in [-0.2, 0) is 9.53 Å². The van der Waals surface area contributed by atoms with Crippen LogP contribution in [0.4, 0.5) is 10.5 Å². The fourth-order valence-electron chi connectivity index (χ4n) is 3.04. The summed E-state index contributed by atoms with van der Waals surface area (Å²) < 4.78 is 5.40. The van der Waals surface area contributed by atoms with E-state index in [2.05, 4.69) is 5.32 Å². The molecular weight excluding hydrogens is 296 g/mol. The van der Waals surface area contributed by atoms with Gasteiger partial charge in [0.2, 0.25) is 0 Å². The minimum atomic E-state index is -1.08. The first-order valence-corrected chi connectivity index (χ1v) is 7.85. The van der Waals surface area contributed by atoms with Crippen molar-refractivity contribution in [3.63, 3.8) is 0 Å². The number of nitrogens with zero attached hydrogens (tertiary/aromatic N) is 1. The van der Waals surface area contributed by atoms with Crippen molar-refractivity contribution < 1.29 is 19.4 Å². The topological polar surface area (TPSA) is 78.9 Å². The lowest BCUT2D eigenvalue weighted by Crippen LogP contribution is -2.35. The Bertz CT molecular complexity index is 650. The van der Waals surface area contributed by atoms with Gasteiger partial charge in [0.25, 0.3) is 5.91 Å². The summed E-state index contributed by atoms with van der Waals surface area (Å²) in [6.07, 6.45) is -0.514. The second kappa shape index (κ2) is 5.53. The van der Waals surface area contributed by atoms with Crippen LogP contribution in [0.25, 0.3) is 0 Å². The van der Waals surface area contributed by atoms with Crippen LogP contribution in [0.5, 0.6) is 0 Å². The second-order valence-corrected chi connectivity index (χ2v) is 7.15. The number of benzene rings is 1. The average molecular weight is 318 g/mol. The largest absolute Gasteiger partial charge is 0.444 e. The zero-order valence-electron chi connectivity index (χ0n) is 13.6. The number of likely N-dealkylation sites (tertiary alicyclic amines) is 1. The highest BCUT2D eigenvalue weighted by molar-refractivity contribution is 6.01. The van der Waals surface area contributed by atoms with Crippen molar-refractivity contribution in [2.75, 3.05) is 18.4 Å². The fraction of sp³-hybridized carbons (Fsp3) is 0.529. The summed E-state index contributed by atoms with van der Waals surface area (Å²) >= 11 is 0. The van der Waals surface area contributed by atoms with E-state index in [1.54, 1.807) is 11.0 Å². The van der Waals surface area contributed by atoms with Gasteiger partial charge in [-0.25, -0.2) is 4.79 Å². The monoisotopic (exact) mass is 318 g/mol. The van der Waals surface area contributed by atoms with Gasteiger partial charge in [-0.1, -0.05) is 12.1 Å². The number of hydrogen-bond donors (Lipinski definition) is 2. The lowest BCUT2D eigenvalue weighted by molar-refractivity contribution is -0.123. The number of aliphatic hydroxyl groups is 1. The van der Waals surface area contributed by atoms with Crippen molar-refractivity contribution in [3.8, 4) is 0 Å². The molecule has 6 heteroatoms. The number of fused-ring (bicyclic) bond motifs is 1. The van der Waals surface area contributed by atoms with Crippen molar-refractivity contribution in [3.05, 3.63) is 29.3 Å². The summed E-state index contributed by atoms with van der Waals surface area (Å²) in [5, 5.41) is 12.4. The number of anilines is 1. The first kappa shape index (κ1) is 15.8. The predicted molar refractivity (Wildman–Crippen MR) is 85.2 cm³/mol. The van der Waals surface area contributed by atoms with Gasteiger partial charge in [-0.3, -0.25) is 4.79 Å². The number of nitrogens with one attached hydrogen (secondary N) is 1. The van der Waals surface area contributed by atoms with Crippen molar-refractivity contribution in [1.82, 2.24) is 4.90 Å². The Morgan fingerprint density at radius 1 is 1.39 bits per heavy atom. The highest BCUT2D eigenvalue weighted by atomic mass is 16.6. The summed E-state index contributed by atoms with van der Waals surface area (Å²) in [6, 6.07) is 5.60. The molecule has 0 saturated carbocycles. The standard InChI is InChI=1S/C17H22N2O4/c1-17(2,3)23-16(22)19-7-6-11(9-19)10-4-5-12-13(8-10)18-15(21)14(12)20/h4-5,8,11,14,20H,6-7,9H2,1-3H3,(H,18,21). The molecule has 0 bridgehead atoms. The molecule has 1 fully saturated rings. The highest BCUT2D eigenvalue weighted by Gasteiger charge is 2.33. The predicted octanol–water partition coefficient (Wildman–Crippen LogP) is 2.40. The highest BCUT2D eigenvalue weighted by Crippen LogP contribution is 2.35. The number of amides is 2. The van der Waals surface area contributed by atoms with Crippen molar-refractivity contribution >= 4 is 17.7 Å². The zero-order valence-corrected chi connectivity index (χ0v) is 13.6. The van der Waals surface area contributed by atoms with Crippen LogP contribution in [0, 0.1) is 0 Å². The second-order valence-electron chi connectivity index (χ2n) is 7.15. The van der Waals surface area contributed by atoms with Crippen LogP contribution in [0.1, 0.15) is 50.3 Å². The van der Waals surface area contributed by atoms with E-state index in [9.17, 15) is 14.7 Å². The summed E-state index contributed by atoms with van der Waals surface area (Å²) in [4.78, 5) is 25.4. The number of ether oxygens (including phenoxy) is 1. The van der Waals surface area contributed by atoms with E-state index >= 15 is 0 Å². The molecule has 2 aliphatic rings. The summed E-state index contributed by atoms with van der Waals surface area (Å²) in [5.41, 5.74) is 1.84. The molecule has 0 aromatic heterocycles. The van der Waals surface area contributed by atoms with Gasteiger partial charge in [-0.15, -0.1) is 0 Å². The van der Waals surface area contributed by atoms with E-state index in [0.29, 0.717) is 24.3 Å². The molecule has 6 nitrogen and oxygen atoms in total. The van der Waals surface area contributed by atoms with Gasteiger partial charge in [-0.2, -0.15) is 0 Å². The SMILES string of the molecule is CC(C)(C)OC(=O)N1CCC(c2ccc3c(c2)NC(=O)C3O)C1. The molecule has 1 saturated heterocycles. The number of rotatable bonds is 1. The number of carbonyl (C=O) groups is 2. The van der Waals surface area contributed by atoms with Crippen LogP contribution in [-0.4, -0.2) is 40.7 Å². The third-order valence-electron chi connectivity index (χ3n) is 4.19. The lowest BCUT2D eigenvalue weighted by Gasteiger charge is -2.24. The Morgan fingerprint density at radius 3 is 2.83 bits per heavy atom. The van der Waals surface area contributed by atoms with E-state index < -0.39 is 11.7 Å². The molecule has 2 aliphatic heterocycles. The quantitative estimate of drug-likeness (QED) is 0.833. The molecule has 2 heterocycles. The molecule has 124 valence electrons. The van der Waals surface area contributed by atoms with E-state index in [-0.39, 0.29) is 17.9 Å². The van der Waals surface area contributed by atoms with Gasteiger partial charge >= 0.3 is 6.09 Å². The van der Waals surface area contributed by atoms with Crippen molar-refractivity contribution in [2.45, 2.75) is 44.8 Å². The maximum atomic E-state index is 12.1. The molecule has 3 rings (SSSR count). The van der Waals surface area contributed by atoms with E-state index in [4.69, 9.17) is 4.74 Å². The molecule has 1 aromatic carbocycles. The Hall–Kier alpha value is -2.08. The van der Waals surface area contributed by atoms with Gasteiger partial charge in [-0.05, 0) is 38.8 Å². The summed E-state index contributed by atoms with van der Waals surface area (Å²) in [6.45, 7) is 6.82. The van der Waals surface area contributed by atoms with Gasteiger partial charge in [0.1, 0.15) is 5.60 Å². The number of hydrogen-bond acceptors (Lipinski definition) is 4. The van der Waals surface area contributed by atoms with Crippen LogP contribution >= 0.6 is 0 Å². The maximum absolute atomic E-state index is 12.1. The molecular formula is C17H22N2O4. The molecule has 2 atom stereocenters. The third kappa shape index (κ3) is 3.17. The molecule has 0 radical (unpaired) electrons. The molecule has 2 amide bonds. The molecule has 2 unspecified atom stereocenters. The minimum absolute atomic E-state index is 0.211. The summed E-state index contributed by atoms with van der Waals surface area (Å²) in [5.74, 6) is -0.179. The summed E-state index contributed by atoms with van der Waals surface area (Å²) in [7, 11) is 0. The number of aliphatic hydroxyl groups excluding tert-OH is 1. The van der Waals surface area contributed by atoms with Crippen molar-refractivity contribution in [1.29, 1.82) is 0 Å². The molecule has 23 heavy (non-hydrogen) atoms.